The Balaban J connectivity index is 4.13. The van der Waals surface area contributed by atoms with Crippen molar-refractivity contribution in [2.24, 2.45) is 5.73 Å². The number of hydrogen-bond donors (Lipinski definition) is 2. The highest BCUT2D eigenvalue weighted by molar-refractivity contribution is 5.67. The smallest absolute Gasteiger partial charge is 0.407 e. The molecule has 0 heterocycles. The maximum Gasteiger partial charge on any atom is 0.407 e. The summed E-state index contributed by atoms with van der Waals surface area (Å²) >= 11 is 0. The zero-order valence-electron chi connectivity index (χ0n) is 12.4. The van der Waals surface area contributed by atoms with E-state index < -0.39 is 11.7 Å². The molecule has 3 N–H and O–H groups in total. The second kappa shape index (κ2) is 8.53. The molecule has 0 rings (SSSR count). The molecular formula is C15H26N2O2. The number of rotatable bonds is 6. The number of alkyl carbamates (subject to hydrolysis) is 1. The van der Waals surface area contributed by atoms with Crippen molar-refractivity contribution in [3.8, 4) is 0 Å². The van der Waals surface area contributed by atoms with Gasteiger partial charge >= 0.3 is 6.09 Å². The first kappa shape index (κ1) is 17.4. The fourth-order valence-electron chi connectivity index (χ4n) is 1.36. The van der Waals surface area contributed by atoms with Crippen LogP contribution in [0.4, 0.5) is 4.79 Å². The molecule has 0 saturated carbocycles. The molecule has 0 aliphatic rings. The fraction of sp³-hybridized carbons (Fsp3) is 0.533. The summed E-state index contributed by atoms with van der Waals surface area (Å²) in [5.41, 5.74) is 6.48. The summed E-state index contributed by atoms with van der Waals surface area (Å²) in [6.07, 6.45) is 7.71. The van der Waals surface area contributed by atoms with Crippen LogP contribution < -0.4 is 11.1 Å². The minimum Gasteiger partial charge on any atom is -0.444 e. The first-order valence-corrected chi connectivity index (χ1v) is 6.48. The van der Waals surface area contributed by atoms with Gasteiger partial charge in [0.1, 0.15) is 5.60 Å². The number of carbonyl (C=O) groups is 1. The summed E-state index contributed by atoms with van der Waals surface area (Å²) in [7, 11) is 0. The molecule has 0 aromatic heterocycles. The summed E-state index contributed by atoms with van der Waals surface area (Å²) in [4.78, 5) is 11.4. The molecule has 0 aromatic rings. The van der Waals surface area contributed by atoms with Crippen LogP contribution in [0.5, 0.6) is 0 Å². The van der Waals surface area contributed by atoms with Gasteiger partial charge in [-0.15, -0.1) is 0 Å². The highest BCUT2D eigenvalue weighted by atomic mass is 16.6. The predicted molar refractivity (Wildman–Crippen MR) is 79.9 cm³/mol. The average molecular weight is 266 g/mol. The SMILES string of the molecule is C=C/C(=C\C=C/C)C(N)CCNC(=O)OC(C)(C)C. The van der Waals surface area contributed by atoms with Gasteiger partial charge in [-0.3, -0.25) is 0 Å². The standard InChI is InChI=1S/C15H26N2O2/c1-6-8-9-12(7-2)13(16)10-11-17-14(18)19-15(3,4)5/h6-9,13H,2,10-11,16H2,1,3-5H3,(H,17,18)/b8-6-,12-9+. The van der Waals surface area contributed by atoms with E-state index in [-0.39, 0.29) is 6.04 Å². The number of nitrogens with two attached hydrogens (primary N) is 1. The molecule has 0 bridgehead atoms. The van der Waals surface area contributed by atoms with Gasteiger partial charge in [0.15, 0.2) is 0 Å². The zero-order valence-corrected chi connectivity index (χ0v) is 12.4. The van der Waals surface area contributed by atoms with E-state index in [9.17, 15) is 4.79 Å². The van der Waals surface area contributed by atoms with Gasteiger partial charge in [0.25, 0.3) is 0 Å². The molecule has 108 valence electrons. The second-order valence-corrected chi connectivity index (χ2v) is 5.22. The Morgan fingerprint density at radius 1 is 1.47 bits per heavy atom. The Bertz CT molecular complexity index is 352. The van der Waals surface area contributed by atoms with Gasteiger partial charge in [0, 0.05) is 12.6 Å². The van der Waals surface area contributed by atoms with E-state index in [1.54, 1.807) is 6.08 Å². The average Bonchev–Trinajstić information content (AvgIpc) is 2.27. The Morgan fingerprint density at radius 2 is 2.11 bits per heavy atom. The molecule has 1 atom stereocenters. The minimum absolute atomic E-state index is 0.149. The highest BCUT2D eigenvalue weighted by Crippen LogP contribution is 2.07. The van der Waals surface area contributed by atoms with Gasteiger partial charge in [-0.25, -0.2) is 4.79 Å². The van der Waals surface area contributed by atoms with Gasteiger partial charge in [0.05, 0.1) is 0 Å². The fourth-order valence-corrected chi connectivity index (χ4v) is 1.36. The Labute approximate surface area is 116 Å². The molecule has 0 spiro atoms. The van der Waals surface area contributed by atoms with E-state index in [1.165, 1.54) is 0 Å². The van der Waals surface area contributed by atoms with Crippen LogP contribution in [0.1, 0.15) is 34.1 Å². The molecule has 0 fully saturated rings. The first-order chi connectivity index (χ1) is 8.80. The van der Waals surface area contributed by atoms with Crippen molar-refractivity contribution in [2.75, 3.05) is 6.54 Å². The topological polar surface area (TPSA) is 64.3 Å². The van der Waals surface area contributed by atoms with E-state index in [0.717, 1.165) is 5.57 Å². The van der Waals surface area contributed by atoms with Crippen LogP contribution in [0.2, 0.25) is 0 Å². The van der Waals surface area contributed by atoms with Crippen molar-refractivity contribution in [3.63, 3.8) is 0 Å². The summed E-state index contributed by atoms with van der Waals surface area (Å²) < 4.78 is 5.13. The van der Waals surface area contributed by atoms with Crippen molar-refractivity contribution in [2.45, 2.75) is 45.8 Å². The number of allylic oxidation sites excluding steroid dienone is 3. The zero-order chi connectivity index (χ0) is 14.9. The van der Waals surface area contributed by atoms with Gasteiger partial charge < -0.3 is 15.8 Å². The third-order valence-electron chi connectivity index (χ3n) is 2.27. The van der Waals surface area contributed by atoms with Gasteiger partial charge in [-0.05, 0) is 39.7 Å². The number of nitrogens with one attached hydrogen (secondary N) is 1. The Kier molecular flexibility index (Phi) is 7.84. The quantitative estimate of drug-likeness (QED) is 0.726. The van der Waals surface area contributed by atoms with Crippen molar-refractivity contribution in [1.82, 2.24) is 5.32 Å². The number of carbonyl (C=O) groups excluding carboxylic acids is 1. The Hall–Kier alpha value is -1.55. The largest absolute Gasteiger partial charge is 0.444 e. The first-order valence-electron chi connectivity index (χ1n) is 6.48. The maximum atomic E-state index is 11.4. The number of ether oxygens (including phenoxy) is 1. The Morgan fingerprint density at radius 3 is 2.58 bits per heavy atom. The van der Waals surface area contributed by atoms with Gasteiger partial charge in [-0.1, -0.05) is 30.9 Å². The predicted octanol–water partition coefficient (Wildman–Crippen LogP) is 2.92. The van der Waals surface area contributed by atoms with Crippen LogP contribution in [-0.2, 0) is 4.74 Å². The van der Waals surface area contributed by atoms with Crippen LogP contribution in [0.25, 0.3) is 0 Å². The monoisotopic (exact) mass is 266 g/mol. The lowest BCUT2D eigenvalue weighted by Gasteiger charge is -2.20. The van der Waals surface area contributed by atoms with Crippen molar-refractivity contribution in [1.29, 1.82) is 0 Å². The molecule has 0 radical (unpaired) electrons. The molecular weight excluding hydrogens is 240 g/mol. The van der Waals surface area contributed by atoms with E-state index in [2.05, 4.69) is 11.9 Å². The summed E-state index contributed by atoms with van der Waals surface area (Å²) in [6, 6.07) is -0.149. The normalized spacial score (nSPS) is 14.3. The van der Waals surface area contributed by atoms with Crippen LogP contribution in [0, 0.1) is 0 Å². The number of amides is 1. The molecule has 4 heteroatoms. The molecule has 1 unspecified atom stereocenters. The van der Waals surface area contributed by atoms with Crippen molar-refractivity contribution in [3.05, 3.63) is 36.5 Å². The van der Waals surface area contributed by atoms with E-state index >= 15 is 0 Å². The second-order valence-electron chi connectivity index (χ2n) is 5.22. The molecule has 0 aliphatic carbocycles. The van der Waals surface area contributed by atoms with Crippen molar-refractivity contribution >= 4 is 6.09 Å². The summed E-state index contributed by atoms with van der Waals surface area (Å²) in [5.74, 6) is 0. The van der Waals surface area contributed by atoms with Crippen molar-refractivity contribution < 1.29 is 9.53 Å². The van der Waals surface area contributed by atoms with E-state index in [4.69, 9.17) is 10.5 Å². The van der Waals surface area contributed by atoms with E-state index in [1.807, 2.05) is 45.9 Å². The molecule has 19 heavy (non-hydrogen) atoms. The number of hydrogen-bond acceptors (Lipinski definition) is 3. The molecule has 0 aliphatic heterocycles. The molecule has 0 saturated heterocycles. The third-order valence-corrected chi connectivity index (χ3v) is 2.27. The molecule has 0 aromatic carbocycles. The van der Waals surface area contributed by atoms with Crippen LogP contribution >= 0.6 is 0 Å². The van der Waals surface area contributed by atoms with Crippen LogP contribution in [0.15, 0.2) is 36.5 Å². The lowest BCUT2D eigenvalue weighted by Crippen LogP contribution is -2.35. The lowest BCUT2D eigenvalue weighted by atomic mass is 10.0. The van der Waals surface area contributed by atoms with E-state index in [0.29, 0.717) is 13.0 Å². The summed E-state index contributed by atoms with van der Waals surface area (Å²) in [5, 5.41) is 2.68. The van der Waals surface area contributed by atoms with Gasteiger partial charge in [0.2, 0.25) is 0 Å². The molecule has 1 amide bonds. The lowest BCUT2D eigenvalue weighted by molar-refractivity contribution is 0.0527. The van der Waals surface area contributed by atoms with Gasteiger partial charge in [-0.2, -0.15) is 0 Å². The third kappa shape index (κ3) is 9.08. The summed E-state index contributed by atoms with van der Waals surface area (Å²) in [6.45, 7) is 11.6. The highest BCUT2D eigenvalue weighted by Gasteiger charge is 2.16. The molecule has 4 nitrogen and oxygen atoms in total. The van der Waals surface area contributed by atoms with Crippen LogP contribution in [0.3, 0.4) is 0 Å². The maximum absolute atomic E-state index is 11.4. The van der Waals surface area contributed by atoms with Crippen LogP contribution in [-0.4, -0.2) is 24.3 Å². The minimum atomic E-state index is -0.482.